The van der Waals surface area contributed by atoms with Gasteiger partial charge in [-0.1, -0.05) is 36.4 Å². The molecule has 3 aromatic rings. The summed E-state index contributed by atoms with van der Waals surface area (Å²) in [6.07, 6.45) is 0. The minimum atomic E-state index is -0.0646. The molecular formula is C24H25NO4S. The molecule has 0 radical (unpaired) electrons. The second kappa shape index (κ2) is 9.89. The van der Waals surface area contributed by atoms with Gasteiger partial charge in [0.15, 0.2) is 0 Å². The maximum atomic E-state index is 12.7. The summed E-state index contributed by atoms with van der Waals surface area (Å²) in [6.45, 7) is 5.35. The van der Waals surface area contributed by atoms with Crippen LogP contribution in [0.4, 0.5) is 0 Å². The first-order valence-electron chi connectivity index (χ1n) is 10.1. The number of rotatable bonds is 9. The molecule has 1 aromatic heterocycles. The first kappa shape index (κ1) is 20.6. The van der Waals surface area contributed by atoms with E-state index in [2.05, 4.69) is 11.4 Å². The van der Waals surface area contributed by atoms with Crippen LogP contribution in [0.5, 0.6) is 5.75 Å². The van der Waals surface area contributed by atoms with Gasteiger partial charge in [-0.15, -0.1) is 11.3 Å². The third-order valence-electron chi connectivity index (χ3n) is 4.84. The Balaban J connectivity index is 1.35. The van der Waals surface area contributed by atoms with Crippen molar-refractivity contribution in [2.75, 3.05) is 19.8 Å². The number of thiophene rings is 1. The standard InChI is InChI=1S/C24H25NO4S/c1-2-27-10-11-28-15-18-7-5-6-17(12-18)14-25-24(26)22-13-19-16-29-21-9-4-3-8-20(21)23(19)30-22/h3-9,12-13H,2,10-11,14-16H2,1H3,(H,25,26). The summed E-state index contributed by atoms with van der Waals surface area (Å²) >= 11 is 1.52. The number of fused-ring (bicyclic) bond motifs is 3. The molecule has 2 heterocycles. The van der Waals surface area contributed by atoms with Crippen molar-refractivity contribution >= 4 is 17.2 Å². The molecule has 0 saturated carbocycles. The Hall–Kier alpha value is -2.67. The highest BCUT2D eigenvalue weighted by Gasteiger charge is 2.22. The fourth-order valence-corrected chi connectivity index (χ4v) is 4.48. The number of carbonyl (C=O) groups is 1. The Kier molecular flexibility index (Phi) is 6.79. The molecule has 4 rings (SSSR count). The van der Waals surface area contributed by atoms with Crippen LogP contribution in [-0.4, -0.2) is 25.7 Å². The van der Waals surface area contributed by atoms with Crippen molar-refractivity contribution in [3.05, 3.63) is 76.2 Å². The average molecular weight is 424 g/mol. The topological polar surface area (TPSA) is 56.8 Å². The number of amides is 1. The van der Waals surface area contributed by atoms with Crippen molar-refractivity contribution < 1.29 is 19.0 Å². The summed E-state index contributed by atoms with van der Waals surface area (Å²) in [5.41, 5.74) is 4.25. The molecule has 0 bridgehead atoms. The van der Waals surface area contributed by atoms with Crippen molar-refractivity contribution in [3.8, 4) is 16.2 Å². The summed E-state index contributed by atoms with van der Waals surface area (Å²) in [5.74, 6) is 0.810. The van der Waals surface area contributed by atoms with Crippen molar-refractivity contribution in [2.24, 2.45) is 0 Å². The molecule has 0 spiro atoms. The number of hydrogen-bond donors (Lipinski definition) is 1. The number of ether oxygens (including phenoxy) is 3. The van der Waals surface area contributed by atoms with Crippen molar-refractivity contribution in [1.82, 2.24) is 5.32 Å². The van der Waals surface area contributed by atoms with Gasteiger partial charge < -0.3 is 19.5 Å². The maximum Gasteiger partial charge on any atom is 0.261 e. The van der Waals surface area contributed by atoms with Gasteiger partial charge in [0, 0.05) is 29.2 Å². The Labute approximate surface area is 180 Å². The zero-order chi connectivity index (χ0) is 20.8. The molecule has 1 aliphatic heterocycles. The smallest absolute Gasteiger partial charge is 0.261 e. The van der Waals surface area contributed by atoms with E-state index in [-0.39, 0.29) is 5.91 Å². The summed E-state index contributed by atoms with van der Waals surface area (Å²) in [5, 5.41) is 3.03. The molecule has 2 aromatic carbocycles. The highest BCUT2D eigenvalue weighted by atomic mass is 32.1. The lowest BCUT2D eigenvalue weighted by Gasteiger charge is -2.16. The second-order valence-corrected chi connectivity index (χ2v) is 8.05. The van der Waals surface area contributed by atoms with E-state index in [0.29, 0.717) is 44.5 Å². The molecule has 6 heteroatoms. The van der Waals surface area contributed by atoms with Gasteiger partial charge in [-0.2, -0.15) is 0 Å². The lowest BCUT2D eigenvalue weighted by molar-refractivity contribution is 0.0453. The van der Waals surface area contributed by atoms with Gasteiger partial charge in [-0.3, -0.25) is 4.79 Å². The number of para-hydroxylation sites is 1. The average Bonchev–Trinajstić information content (AvgIpc) is 3.23. The predicted molar refractivity (Wildman–Crippen MR) is 118 cm³/mol. The van der Waals surface area contributed by atoms with E-state index in [1.807, 2.05) is 55.5 Å². The number of benzene rings is 2. The quantitative estimate of drug-likeness (QED) is 0.503. The molecule has 30 heavy (non-hydrogen) atoms. The Bertz CT molecular complexity index is 1010. The zero-order valence-electron chi connectivity index (χ0n) is 17.0. The van der Waals surface area contributed by atoms with Crippen LogP contribution in [0, 0.1) is 0 Å². The summed E-state index contributed by atoms with van der Waals surface area (Å²) < 4.78 is 16.7. The van der Waals surface area contributed by atoms with Gasteiger partial charge in [0.25, 0.3) is 5.91 Å². The van der Waals surface area contributed by atoms with E-state index in [4.69, 9.17) is 14.2 Å². The highest BCUT2D eigenvalue weighted by molar-refractivity contribution is 7.17. The number of carbonyl (C=O) groups excluding carboxylic acids is 1. The SMILES string of the molecule is CCOCCOCc1cccc(CNC(=O)c2cc3c(s2)-c2ccccc2OC3)c1. The monoisotopic (exact) mass is 423 g/mol. The van der Waals surface area contributed by atoms with Gasteiger partial charge in [0.05, 0.1) is 24.7 Å². The minimum absolute atomic E-state index is 0.0646. The molecule has 1 aliphatic rings. The Morgan fingerprint density at radius 1 is 1.07 bits per heavy atom. The molecule has 0 fully saturated rings. The highest BCUT2D eigenvalue weighted by Crippen LogP contribution is 2.42. The van der Waals surface area contributed by atoms with Crippen LogP contribution in [-0.2, 0) is 29.2 Å². The van der Waals surface area contributed by atoms with E-state index >= 15 is 0 Å². The predicted octanol–water partition coefficient (Wildman–Crippen LogP) is 4.79. The van der Waals surface area contributed by atoms with E-state index in [1.54, 1.807) is 0 Å². The van der Waals surface area contributed by atoms with Crippen molar-refractivity contribution in [3.63, 3.8) is 0 Å². The van der Waals surface area contributed by atoms with Crippen LogP contribution >= 0.6 is 11.3 Å². The molecular weight excluding hydrogens is 398 g/mol. The fourth-order valence-electron chi connectivity index (χ4n) is 3.36. The molecule has 0 aliphatic carbocycles. The first-order valence-corrected chi connectivity index (χ1v) is 10.9. The summed E-state index contributed by atoms with van der Waals surface area (Å²) in [6, 6.07) is 18.0. The van der Waals surface area contributed by atoms with Gasteiger partial charge >= 0.3 is 0 Å². The molecule has 156 valence electrons. The lowest BCUT2D eigenvalue weighted by Crippen LogP contribution is -2.21. The van der Waals surface area contributed by atoms with E-state index in [1.165, 1.54) is 11.3 Å². The minimum Gasteiger partial charge on any atom is -0.488 e. The normalized spacial score (nSPS) is 12.0. The molecule has 1 N–H and O–H groups in total. The summed E-state index contributed by atoms with van der Waals surface area (Å²) in [4.78, 5) is 14.5. The Morgan fingerprint density at radius 2 is 1.90 bits per heavy atom. The third-order valence-corrected chi connectivity index (χ3v) is 6.05. The van der Waals surface area contributed by atoms with Gasteiger partial charge in [-0.25, -0.2) is 0 Å². The van der Waals surface area contributed by atoms with Crippen molar-refractivity contribution in [1.29, 1.82) is 0 Å². The van der Waals surface area contributed by atoms with E-state index in [9.17, 15) is 4.79 Å². The Morgan fingerprint density at radius 3 is 2.80 bits per heavy atom. The van der Waals surface area contributed by atoms with Crippen LogP contribution in [0.1, 0.15) is 33.3 Å². The molecule has 0 atom stereocenters. The third kappa shape index (κ3) is 4.90. The number of hydrogen-bond acceptors (Lipinski definition) is 5. The molecule has 0 unspecified atom stereocenters. The second-order valence-electron chi connectivity index (χ2n) is 7.00. The largest absolute Gasteiger partial charge is 0.488 e. The first-order chi connectivity index (χ1) is 14.7. The van der Waals surface area contributed by atoms with Crippen LogP contribution < -0.4 is 10.1 Å². The van der Waals surface area contributed by atoms with Gasteiger partial charge in [0.1, 0.15) is 12.4 Å². The van der Waals surface area contributed by atoms with E-state index < -0.39 is 0 Å². The van der Waals surface area contributed by atoms with Crippen molar-refractivity contribution in [2.45, 2.75) is 26.7 Å². The van der Waals surface area contributed by atoms with Crippen LogP contribution in [0.15, 0.2) is 54.6 Å². The molecule has 0 saturated heterocycles. The van der Waals surface area contributed by atoms with Crippen LogP contribution in [0.25, 0.3) is 10.4 Å². The molecule has 1 amide bonds. The maximum absolute atomic E-state index is 12.7. The van der Waals surface area contributed by atoms with E-state index in [0.717, 1.165) is 32.9 Å². The van der Waals surface area contributed by atoms with Gasteiger partial charge in [0.2, 0.25) is 0 Å². The van der Waals surface area contributed by atoms with Crippen LogP contribution in [0.2, 0.25) is 0 Å². The number of nitrogens with one attached hydrogen (secondary N) is 1. The van der Waals surface area contributed by atoms with Gasteiger partial charge in [-0.05, 0) is 36.2 Å². The zero-order valence-corrected chi connectivity index (χ0v) is 17.8. The fraction of sp³-hybridized carbons (Fsp3) is 0.292. The summed E-state index contributed by atoms with van der Waals surface area (Å²) in [7, 11) is 0. The molecule has 5 nitrogen and oxygen atoms in total. The van der Waals surface area contributed by atoms with Crippen LogP contribution in [0.3, 0.4) is 0 Å². The lowest BCUT2D eigenvalue weighted by atomic mass is 10.1.